The van der Waals surface area contributed by atoms with E-state index < -0.39 is 5.97 Å². The second-order valence-electron chi connectivity index (χ2n) is 5.75. The molecule has 0 aliphatic carbocycles. The number of hydrogen-bond donors (Lipinski definition) is 0. The topological polar surface area (TPSA) is 70.4 Å². The van der Waals surface area contributed by atoms with Gasteiger partial charge in [-0.25, -0.2) is 9.78 Å². The van der Waals surface area contributed by atoms with Crippen LogP contribution >= 0.6 is 0 Å². The minimum Gasteiger partial charge on any atom is -0.490 e. The number of benzene rings is 2. The van der Waals surface area contributed by atoms with Gasteiger partial charge in [-0.2, -0.15) is 0 Å². The van der Waals surface area contributed by atoms with E-state index in [0.717, 1.165) is 5.75 Å². The first kappa shape index (κ1) is 17.7. The quantitative estimate of drug-likeness (QED) is 0.504. The zero-order chi connectivity index (χ0) is 18.5. The first-order chi connectivity index (χ1) is 12.6. The summed E-state index contributed by atoms with van der Waals surface area (Å²) in [6, 6.07) is 14.4. The van der Waals surface area contributed by atoms with Crippen molar-refractivity contribution >= 4 is 17.0 Å². The maximum atomic E-state index is 12.2. The molecule has 0 saturated carbocycles. The van der Waals surface area contributed by atoms with Crippen molar-refractivity contribution < 1.29 is 14.3 Å². The highest BCUT2D eigenvalue weighted by Crippen LogP contribution is 2.14. The minimum absolute atomic E-state index is 0.117. The molecule has 0 atom stereocenters. The lowest BCUT2D eigenvalue weighted by molar-refractivity contribution is 0.0450. The van der Waals surface area contributed by atoms with Gasteiger partial charge in [-0.3, -0.25) is 4.79 Å². The van der Waals surface area contributed by atoms with E-state index in [1.165, 1.54) is 0 Å². The summed E-state index contributed by atoms with van der Waals surface area (Å²) in [6.45, 7) is 4.52. The van der Waals surface area contributed by atoms with Crippen LogP contribution in [0.5, 0.6) is 5.75 Å². The molecule has 26 heavy (non-hydrogen) atoms. The molecule has 6 nitrogen and oxygen atoms in total. The van der Waals surface area contributed by atoms with Gasteiger partial charge in [-0.1, -0.05) is 18.2 Å². The Morgan fingerprint density at radius 1 is 1.12 bits per heavy atom. The van der Waals surface area contributed by atoms with Crippen LogP contribution in [0.3, 0.4) is 0 Å². The Kier molecular flexibility index (Phi) is 5.31. The summed E-state index contributed by atoms with van der Waals surface area (Å²) in [5.74, 6) is 0.281. The van der Waals surface area contributed by atoms with E-state index in [-0.39, 0.29) is 18.8 Å². The van der Waals surface area contributed by atoms with Crippen LogP contribution in [0, 0.1) is 6.92 Å². The minimum atomic E-state index is -0.447. The number of aromatic nitrogens is 2. The molecule has 0 N–H and O–H groups in total. The van der Waals surface area contributed by atoms with Crippen molar-refractivity contribution in [2.45, 2.75) is 20.4 Å². The fourth-order valence-electron chi connectivity index (χ4n) is 2.71. The molecule has 6 heteroatoms. The smallest absolute Gasteiger partial charge is 0.338 e. The van der Waals surface area contributed by atoms with Crippen LogP contribution in [0.2, 0.25) is 0 Å². The summed E-state index contributed by atoms with van der Waals surface area (Å²) < 4.78 is 12.4. The third kappa shape index (κ3) is 3.74. The van der Waals surface area contributed by atoms with Crippen molar-refractivity contribution in [3.05, 3.63) is 70.1 Å². The maximum Gasteiger partial charge on any atom is 0.338 e. The van der Waals surface area contributed by atoms with E-state index in [4.69, 9.17) is 9.47 Å². The van der Waals surface area contributed by atoms with Gasteiger partial charge in [0.2, 0.25) is 0 Å². The number of para-hydroxylation sites is 1. The zero-order valence-corrected chi connectivity index (χ0v) is 14.8. The highest BCUT2D eigenvalue weighted by molar-refractivity contribution is 5.93. The number of hydrogen-bond acceptors (Lipinski definition) is 5. The number of fused-ring (bicyclic) bond motifs is 1. The molecule has 1 aromatic heterocycles. The molecule has 1 heterocycles. The summed E-state index contributed by atoms with van der Waals surface area (Å²) in [6.07, 6.45) is 0. The summed E-state index contributed by atoms with van der Waals surface area (Å²) >= 11 is 0. The number of aryl methyl sites for hydroxylation is 2. The van der Waals surface area contributed by atoms with Crippen LogP contribution < -0.4 is 10.3 Å². The Morgan fingerprint density at radius 3 is 2.62 bits per heavy atom. The van der Waals surface area contributed by atoms with Gasteiger partial charge in [0.1, 0.15) is 24.7 Å². The van der Waals surface area contributed by atoms with Gasteiger partial charge >= 0.3 is 5.97 Å². The second-order valence-corrected chi connectivity index (χ2v) is 5.75. The average molecular weight is 352 g/mol. The predicted molar refractivity (Wildman–Crippen MR) is 98.6 cm³/mol. The normalized spacial score (nSPS) is 10.7. The van der Waals surface area contributed by atoms with Crippen LogP contribution in [-0.4, -0.2) is 28.7 Å². The molecule has 0 spiro atoms. The lowest BCUT2D eigenvalue weighted by atomic mass is 10.2. The molecular formula is C20H20N2O4. The number of esters is 1. The highest BCUT2D eigenvalue weighted by Gasteiger charge is 2.12. The fourth-order valence-corrected chi connectivity index (χ4v) is 2.71. The first-order valence-electron chi connectivity index (χ1n) is 8.46. The SMILES string of the molecule is CCn1c(=O)c(C)nc2cc(C(=O)OCCOc3ccccc3)ccc21. The molecule has 3 aromatic rings. The Balaban J connectivity index is 1.68. The fraction of sp³-hybridized carbons (Fsp3) is 0.250. The van der Waals surface area contributed by atoms with Gasteiger partial charge < -0.3 is 14.0 Å². The Hall–Kier alpha value is -3.15. The molecule has 0 unspecified atom stereocenters. The first-order valence-corrected chi connectivity index (χ1v) is 8.46. The van der Waals surface area contributed by atoms with Gasteiger partial charge in [-0.15, -0.1) is 0 Å². The van der Waals surface area contributed by atoms with E-state index in [2.05, 4.69) is 4.98 Å². The van der Waals surface area contributed by atoms with E-state index in [1.54, 1.807) is 29.7 Å². The third-order valence-electron chi connectivity index (χ3n) is 3.99. The molecule has 0 fully saturated rings. The molecule has 134 valence electrons. The van der Waals surface area contributed by atoms with Crippen LogP contribution in [0.15, 0.2) is 53.3 Å². The van der Waals surface area contributed by atoms with Gasteiger partial charge in [0.25, 0.3) is 5.56 Å². The van der Waals surface area contributed by atoms with Crippen molar-refractivity contribution in [3.8, 4) is 5.75 Å². The third-order valence-corrected chi connectivity index (χ3v) is 3.99. The Bertz CT molecular complexity index is 980. The molecule has 0 amide bonds. The van der Waals surface area contributed by atoms with E-state index in [9.17, 15) is 9.59 Å². The lowest BCUT2D eigenvalue weighted by Crippen LogP contribution is -2.23. The predicted octanol–water partition coefficient (Wildman–Crippen LogP) is 2.96. The van der Waals surface area contributed by atoms with Gasteiger partial charge in [0.15, 0.2) is 0 Å². The summed E-state index contributed by atoms with van der Waals surface area (Å²) in [7, 11) is 0. The maximum absolute atomic E-state index is 12.2. The molecule has 0 radical (unpaired) electrons. The molecule has 0 aliphatic heterocycles. The van der Waals surface area contributed by atoms with Gasteiger partial charge in [-0.05, 0) is 44.2 Å². The number of nitrogens with zero attached hydrogens (tertiary/aromatic N) is 2. The van der Waals surface area contributed by atoms with Crippen molar-refractivity contribution in [2.24, 2.45) is 0 Å². The summed E-state index contributed by atoms with van der Waals surface area (Å²) in [5.41, 5.74) is 1.98. The van der Waals surface area contributed by atoms with Crippen LogP contribution in [-0.2, 0) is 11.3 Å². The van der Waals surface area contributed by atoms with Crippen LogP contribution in [0.25, 0.3) is 11.0 Å². The number of carbonyl (C=O) groups is 1. The molecule has 2 aromatic carbocycles. The van der Waals surface area contributed by atoms with Crippen molar-refractivity contribution in [3.63, 3.8) is 0 Å². The molecule has 0 aliphatic rings. The molecular weight excluding hydrogens is 332 g/mol. The summed E-state index contributed by atoms with van der Waals surface area (Å²) in [5, 5.41) is 0. The standard InChI is InChI=1S/C20H20N2O4/c1-3-22-18-10-9-15(13-17(18)21-14(2)19(22)23)20(24)26-12-11-25-16-7-5-4-6-8-16/h4-10,13H,3,11-12H2,1-2H3. The average Bonchev–Trinajstić information content (AvgIpc) is 2.66. The van der Waals surface area contributed by atoms with E-state index >= 15 is 0 Å². The number of carbonyl (C=O) groups excluding carboxylic acids is 1. The van der Waals surface area contributed by atoms with Crippen molar-refractivity contribution in [1.82, 2.24) is 9.55 Å². The van der Waals surface area contributed by atoms with Crippen LogP contribution in [0.4, 0.5) is 0 Å². The Morgan fingerprint density at radius 2 is 1.88 bits per heavy atom. The zero-order valence-electron chi connectivity index (χ0n) is 14.8. The largest absolute Gasteiger partial charge is 0.490 e. The van der Waals surface area contributed by atoms with E-state index in [1.807, 2.05) is 37.3 Å². The molecule has 0 bridgehead atoms. The highest BCUT2D eigenvalue weighted by atomic mass is 16.6. The number of ether oxygens (including phenoxy) is 2. The monoisotopic (exact) mass is 352 g/mol. The number of rotatable bonds is 6. The van der Waals surface area contributed by atoms with Crippen molar-refractivity contribution in [1.29, 1.82) is 0 Å². The molecule has 0 saturated heterocycles. The van der Waals surface area contributed by atoms with Gasteiger partial charge in [0.05, 0.1) is 16.6 Å². The lowest BCUT2D eigenvalue weighted by Gasteiger charge is -2.10. The second kappa shape index (κ2) is 7.82. The van der Waals surface area contributed by atoms with Gasteiger partial charge in [0, 0.05) is 6.54 Å². The van der Waals surface area contributed by atoms with E-state index in [0.29, 0.717) is 28.8 Å². The Labute approximate surface area is 151 Å². The molecule has 3 rings (SSSR count). The van der Waals surface area contributed by atoms with Crippen molar-refractivity contribution in [2.75, 3.05) is 13.2 Å². The summed E-state index contributed by atoms with van der Waals surface area (Å²) in [4.78, 5) is 28.6. The van der Waals surface area contributed by atoms with Crippen LogP contribution in [0.1, 0.15) is 23.0 Å².